The minimum Gasteiger partial charge on any atom is -0.493 e. The zero-order valence-corrected chi connectivity index (χ0v) is 16.4. The standard InChI is InChI=1S/C15H24ClN3O2.HI/c1-11-9-13(16)5-6-14(11)21-8-4-7-18-15(17)19-12(2)10-20-3;/h5-6,9,12H,4,7-8,10H2,1-3H3,(H3,17,18,19);1H. The van der Waals surface area contributed by atoms with E-state index in [2.05, 4.69) is 10.3 Å². The van der Waals surface area contributed by atoms with E-state index in [-0.39, 0.29) is 30.0 Å². The maximum absolute atomic E-state index is 5.90. The first-order chi connectivity index (χ1) is 10.0. The first-order valence-electron chi connectivity index (χ1n) is 6.97. The number of aryl methyl sites for hydroxylation is 1. The Hall–Kier alpha value is -0.730. The number of hydrogen-bond donors (Lipinski definition) is 2. The third kappa shape index (κ3) is 8.65. The van der Waals surface area contributed by atoms with Crippen molar-refractivity contribution in [3.63, 3.8) is 0 Å². The van der Waals surface area contributed by atoms with Crippen molar-refractivity contribution in [2.75, 3.05) is 26.9 Å². The van der Waals surface area contributed by atoms with Gasteiger partial charge in [0, 0.05) is 31.1 Å². The normalized spacial score (nSPS) is 12.5. The Bertz CT molecular complexity index is 472. The quantitative estimate of drug-likeness (QED) is 0.282. The molecule has 3 N–H and O–H groups in total. The van der Waals surface area contributed by atoms with Crippen LogP contribution < -0.4 is 15.8 Å². The first-order valence-corrected chi connectivity index (χ1v) is 7.35. The zero-order valence-electron chi connectivity index (χ0n) is 13.3. The van der Waals surface area contributed by atoms with Crippen molar-refractivity contribution < 1.29 is 9.47 Å². The summed E-state index contributed by atoms with van der Waals surface area (Å²) in [5, 5.41) is 3.77. The minimum atomic E-state index is 0. The molecule has 0 saturated carbocycles. The van der Waals surface area contributed by atoms with E-state index >= 15 is 0 Å². The molecular weight excluding hydrogens is 417 g/mol. The average Bonchev–Trinajstić information content (AvgIpc) is 2.40. The summed E-state index contributed by atoms with van der Waals surface area (Å²) < 4.78 is 10.7. The summed E-state index contributed by atoms with van der Waals surface area (Å²) in [6, 6.07) is 5.73. The molecular formula is C15H25ClIN3O2. The maximum Gasteiger partial charge on any atom is 0.188 e. The molecule has 0 aliphatic rings. The highest BCUT2D eigenvalue weighted by Gasteiger charge is 2.02. The van der Waals surface area contributed by atoms with Crippen LogP contribution in [0.25, 0.3) is 0 Å². The average molecular weight is 442 g/mol. The molecule has 0 aliphatic carbocycles. The van der Waals surface area contributed by atoms with Crippen LogP contribution in [0.4, 0.5) is 0 Å². The topological polar surface area (TPSA) is 68.9 Å². The van der Waals surface area contributed by atoms with Crippen LogP contribution in [0.15, 0.2) is 23.2 Å². The molecule has 0 heterocycles. The van der Waals surface area contributed by atoms with Gasteiger partial charge in [0.25, 0.3) is 0 Å². The highest BCUT2D eigenvalue weighted by Crippen LogP contribution is 2.21. The van der Waals surface area contributed by atoms with Gasteiger partial charge in [-0.1, -0.05) is 11.6 Å². The van der Waals surface area contributed by atoms with Gasteiger partial charge in [0.2, 0.25) is 0 Å². The molecule has 1 atom stereocenters. The third-order valence-corrected chi connectivity index (χ3v) is 3.03. The Morgan fingerprint density at radius 2 is 2.18 bits per heavy atom. The van der Waals surface area contributed by atoms with Crippen LogP contribution >= 0.6 is 35.6 Å². The van der Waals surface area contributed by atoms with Crippen LogP contribution in [-0.4, -0.2) is 38.9 Å². The first kappa shape index (κ1) is 21.3. The Kier molecular flexibility index (Phi) is 11.4. The number of rotatable bonds is 8. The van der Waals surface area contributed by atoms with Crippen molar-refractivity contribution in [3.8, 4) is 5.75 Å². The number of nitrogens with one attached hydrogen (secondary N) is 1. The predicted molar refractivity (Wildman–Crippen MR) is 103 cm³/mol. The Morgan fingerprint density at radius 3 is 2.82 bits per heavy atom. The lowest BCUT2D eigenvalue weighted by Gasteiger charge is -2.13. The van der Waals surface area contributed by atoms with E-state index in [1.54, 1.807) is 7.11 Å². The van der Waals surface area contributed by atoms with Gasteiger partial charge in [-0.25, -0.2) is 0 Å². The number of nitrogens with zero attached hydrogens (tertiary/aromatic N) is 1. The molecule has 22 heavy (non-hydrogen) atoms. The summed E-state index contributed by atoms with van der Waals surface area (Å²) in [4.78, 5) is 4.24. The van der Waals surface area contributed by atoms with Gasteiger partial charge in [0.05, 0.1) is 13.2 Å². The zero-order chi connectivity index (χ0) is 15.7. The Balaban J connectivity index is 0.00000441. The van der Waals surface area contributed by atoms with E-state index in [4.69, 9.17) is 26.8 Å². The highest BCUT2D eigenvalue weighted by atomic mass is 127. The number of guanidine groups is 1. The summed E-state index contributed by atoms with van der Waals surface area (Å²) in [5.74, 6) is 1.28. The molecule has 5 nitrogen and oxygen atoms in total. The van der Waals surface area contributed by atoms with Crippen molar-refractivity contribution in [1.29, 1.82) is 0 Å². The molecule has 0 spiro atoms. The Morgan fingerprint density at radius 1 is 1.45 bits per heavy atom. The summed E-state index contributed by atoms with van der Waals surface area (Å²) in [6.45, 7) is 5.75. The van der Waals surface area contributed by atoms with Gasteiger partial charge in [-0.15, -0.1) is 24.0 Å². The van der Waals surface area contributed by atoms with Gasteiger partial charge in [0.1, 0.15) is 5.75 Å². The lowest BCUT2D eigenvalue weighted by molar-refractivity contribution is 0.179. The van der Waals surface area contributed by atoms with Crippen molar-refractivity contribution in [3.05, 3.63) is 28.8 Å². The van der Waals surface area contributed by atoms with Gasteiger partial charge in [-0.2, -0.15) is 0 Å². The van der Waals surface area contributed by atoms with Gasteiger partial charge >= 0.3 is 0 Å². The molecule has 1 unspecified atom stereocenters. The van der Waals surface area contributed by atoms with Gasteiger partial charge in [0.15, 0.2) is 5.96 Å². The number of benzene rings is 1. The van der Waals surface area contributed by atoms with Crippen LogP contribution in [0.2, 0.25) is 5.02 Å². The molecule has 1 aromatic carbocycles. The van der Waals surface area contributed by atoms with E-state index in [1.165, 1.54) is 0 Å². The fourth-order valence-electron chi connectivity index (χ4n) is 1.81. The second-order valence-electron chi connectivity index (χ2n) is 4.88. The SMILES string of the molecule is COCC(C)NC(N)=NCCCOc1ccc(Cl)cc1C.I. The molecule has 126 valence electrons. The molecule has 1 rings (SSSR count). The Labute approximate surface area is 154 Å². The second-order valence-corrected chi connectivity index (χ2v) is 5.32. The number of halogens is 2. The van der Waals surface area contributed by atoms with Crippen molar-refractivity contribution in [1.82, 2.24) is 5.32 Å². The summed E-state index contributed by atoms with van der Waals surface area (Å²) in [5.41, 5.74) is 6.80. The predicted octanol–water partition coefficient (Wildman–Crippen LogP) is 2.97. The van der Waals surface area contributed by atoms with Crippen LogP contribution in [0, 0.1) is 6.92 Å². The monoisotopic (exact) mass is 441 g/mol. The highest BCUT2D eigenvalue weighted by molar-refractivity contribution is 14.0. The van der Waals surface area contributed by atoms with Crippen LogP contribution in [0.1, 0.15) is 18.9 Å². The number of nitrogens with two attached hydrogens (primary N) is 1. The van der Waals surface area contributed by atoms with E-state index in [0.29, 0.717) is 30.7 Å². The lowest BCUT2D eigenvalue weighted by Crippen LogP contribution is -2.40. The molecule has 0 radical (unpaired) electrons. The van der Waals surface area contributed by atoms with Crippen LogP contribution in [0.3, 0.4) is 0 Å². The number of aliphatic imine (C=N–C) groups is 1. The fraction of sp³-hybridized carbons (Fsp3) is 0.533. The number of ether oxygens (including phenoxy) is 2. The lowest BCUT2D eigenvalue weighted by atomic mass is 10.2. The van der Waals surface area contributed by atoms with Gasteiger partial charge in [-0.05, 0) is 37.6 Å². The smallest absolute Gasteiger partial charge is 0.188 e. The van der Waals surface area contributed by atoms with Crippen molar-refractivity contribution in [2.24, 2.45) is 10.7 Å². The third-order valence-electron chi connectivity index (χ3n) is 2.79. The van der Waals surface area contributed by atoms with Gasteiger partial charge in [-0.3, -0.25) is 4.99 Å². The molecule has 1 aromatic rings. The van der Waals surface area contributed by atoms with Crippen molar-refractivity contribution in [2.45, 2.75) is 26.3 Å². The number of methoxy groups -OCH3 is 1. The summed E-state index contributed by atoms with van der Waals surface area (Å²) in [7, 11) is 1.65. The largest absolute Gasteiger partial charge is 0.493 e. The molecule has 7 heteroatoms. The molecule has 0 amide bonds. The summed E-state index contributed by atoms with van der Waals surface area (Å²) >= 11 is 5.90. The molecule has 0 aliphatic heterocycles. The van der Waals surface area contributed by atoms with E-state index in [1.807, 2.05) is 32.0 Å². The van der Waals surface area contributed by atoms with Gasteiger partial charge < -0.3 is 20.5 Å². The molecule has 0 saturated heterocycles. The molecule has 0 aromatic heterocycles. The van der Waals surface area contributed by atoms with E-state index in [9.17, 15) is 0 Å². The fourth-order valence-corrected chi connectivity index (χ4v) is 2.04. The minimum absolute atomic E-state index is 0. The van der Waals surface area contributed by atoms with Crippen LogP contribution in [-0.2, 0) is 4.74 Å². The molecule has 0 bridgehead atoms. The second kappa shape index (κ2) is 11.8. The molecule has 0 fully saturated rings. The number of hydrogen-bond acceptors (Lipinski definition) is 3. The van der Waals surface area contributed by atoms with Crippen molar-refractivity contribution >= 4 is 41.5 Å². The van der Waals surface area contributed by atoms with Crippen LogP contribution in [0.5, 0.6) is 5.75 Å². The maximum atomic E-state index is 5.90. The van der Waals surface area contributed by atoms with E-state index in [0.717, 1.165) is 17.7 Å². The van der Waals surface area contributed by atoms with E-state index < -0.39 is 0 Å². The summed E-state index contributed by atoms with van der Waals surface area (Å²) in [6.07, 6.45) is 0.795.